The minimum absolute atomic E-state index is 0.0549. The fourth-order valence-corrected chi connectivity index (χ4v) is 3.46. The summed E-state index contributed by atoms with van der Waals surface area (Å²) in [5.74, 6) is 1.09. The summed E-state index contributed by atoms with van der Waals surface area (Å²) < 4.78 is 17.3. The highest BCUT2D eigenvalue weighted by Crippen LogP contribution is 2.24. The summed E-state index contributed by atoms with van der Waals surface area (Å²) in [6.07, 6.45) is 1.65. The van der Waals surface area contributed by atoms with Gasteiger partial charge in [0.05, 0.1) is 25.5 Å². The van der Waals surface area contributed by atoms with Crippen molar-refractivity contribution in [3.63, 3.8) is 0 Å². The Morgan fingerprint density at radius 3 is 2.71 bits per heavy atom. The molecule has 3 aromatic rings. The van der Waals surface area contributed by atoms with Gasteiger partial charge in [0, 0.05) is 35.7 Å². The van der Waals surface area contributed by atoms with Gasteiger partial charge in [0.15, 0.2) is 11.5 Å². The van der Waals surface area contributed by atoms with Gasteiger partial charge in [0.25, 0.3) is 5.91 Å². The quantitative estimate of drug-likeness (QED) is 0.625. The predicted octanol–water partition coefficient (Wildman–Crippen LogP) is 3.50. The minimum Gasteiger partial charge on any atom is -0.468 e. The first kappa shape index (κ1) is 18.9. The van der Waals surface area contributed by atoms with E-state index in [4.69, 9.17) is 13.7 Å². The molecule has 2 aromatic heterocycles. The smallest absolute Gasteiger partial charge is 0.273 e. The molecular formula is C20H20BrN3O4. The Morgan fingerprint density at radius 1 is 1.21 bits per heavy atom. The van der Waals surface area contributed by atoms with Crippen LogP contribution in [0.1, 0.15) is 22.3 Å². The highest BCUT2D eigenvalue weighted by atomic mass is 79.9. The molecule has 8 heteroatoms. The van der Waals surface area contributed by atoms with E-state index in [1.54, 1.807) is 12.3 Å². The Hall–Kier alpha value is -2.42. The van der Waals surface area contributed by atoms with E-state index < -0.39 is 0 Å². The fourth-order valence-electron chi connectivity index (χ4n) is 3.19. The van der Waals surface area contributed by atoms with Gasteiger partial charge in [0.1, 0.15) is 5.76 Å². The molecule has 1 atom stereocenters. The van der Waals surface area contributed by atoms with Gasteiger partial charge in [-0.15, -0.1) is 0 Å². The third kappa shape index (κ3) is 4.35. The van der Waals surface area contributed by atoms with Gasteiger partial charge in [-0.3, -0.25) is 9.69 Å². The lowest BCUT2D eigenvalue weighted by molar-refractivity contribution is 0.0118. The van der Waals surface area contributed by atoms with Gasteiger partial charge in [-0.1, -0.05) is 33.2 Å². The van der Waals surface area contributed by atoms with Gasteiger partial charge in [-0.05, 0) is 24.3 Å². The summed E-state index contributed by atoms with van der Waals surface area (Å²) in [7, 11) is 0. The number of nitrogens with zero attached hydrogens (tertiary/aromatic N) is 2. The zero-order chi connectivity index (χ0) is 19.3. The largest absolute Gasteiger partial charge is 0.468 e. The average molecular weight is 446 g/mol. The molecule has 0 spiro atoms. The van der Waals surface area contributed by atoms with Crippen LogP contribution in [0.4, 0.5) is 0 Å². The van der Waals surface area contributed by atoms with E-state index in [0.29, 0.717) is 25.5 Å². The fraction of sp³-hybridized carbons (Fsp3) is 0.300. The molecule has 0 aliphatic carbocycles. The Morgan fingerprint density at radius 2 is 2.00 bits per heavy atom. The summed E-state index contributed by atoms with van der Waals surface area (Å²) in [6.45, 7) is 3.33. The van der Waals surface area contributed by atoms with Crippen LogP contribution in [0.3, 0.4) is 0 Å². The van der Waals surface area contributed by atoms with E-state index in [9.17, 15) is 4.79 Å². The number of carbonyl (C=O) groups is 1. The monoisotopic (exact) mass is 445 g/mol. The summed E-state index contributed by atoms with van der Waals surface area (Å²) in [5, 5.41) is 6.86. The average Bonchev–Trinajstić information content (AvgIpc) is 3.42. The number of furan rings is 1. The maximum absolute atomic E-state index is 12.6. The van der Waals surface area contributed by atoms with Gasteiger partial charge in [-0.2, -0.15) is 0 Å². The third-order valence-electron chi connectivity index (χ3n) is 4.69. The molecule has 1 amide bonds. The molecule has 0 radical (unpaired) electrons. The summed E-state index contributed by atoms with van der Waals surface area (Å²) in [6, 6.07) is 13.0. The number of hydrogen-bond donors (Lipinski definition) is 1. The van der Waals surface area contributed by atoms with Crippen molar-refractivity contribution in [2.75, 3.05) is 32.8 Å². The molecule has 3 heterocycles. The van der Waals surface area contributed by atoms with Crippen LogP contribution in [0, 0.1) is 0 Å². The van der Waals surface area contributed by atoms with Crippen molar-refractivity contribution >= 4 is 21.8 Å². The van der Waals surface area contributed by atoms with E-state index in [-0.39, 0.29) is 17.6 Å². The second-order valence-corrected chi connectivity index (χ2v) is 7.39. The van der Waals surface area contributed by atoms with Crippen LogP contribution in [0.25, 0.3) is 11.3 Å². The molecule has 1 N–H and O–H groups in total. The molecule has 7 nitrogen and oxygen atoms in total. The first-order valence-electron chi connectivity index (χ1n) is 9.07. The van der Waals surface area contributed by atoms with Crippen molar-refractivity contribution in [3.05, 3.63) is 64.7 Å². The number of rotatable bonds is 6. The molecule has 1 aromatic carbocycles. The Bertz CT molecular complexity index is 902. The molecule has 0 bridgehead atoms. The van der Waals surface area contributed by atoms with Crippen LogP contribution in [0.15, 0.2) is 62.1 Å². The molecule has 28 heavy (non-hydrogen) atoms. The van der Waals surface area contributed by atoms with Crippen molar-refractivity contribution in [3.8, 4) is 11.3 Å². The molecule has 0 saturated carbocycles. The number of morpholine rings is 1. The van der Waals surface area contributed by atoms with Crippen molar-refractivity contribution in [1.29, 1.82) is 0 Å². The zero-order valence-corrected chi connectivity index (χ0v) is 16.7. The summed E-state index contributed by atoms with van der Waals surface area (Å²) in [4.78, 5) is 14.8. The summed E-state index contributed by atoms with van der Waals surface area (Å²) >= 11 is 3.40. The standard InChI is InChI=1S/C20H20BrN3O4/c21-15-5-3-14(4-6-15)19-12-16(23-28-19)20(25)22-13-17(18-2-1-9-27-18)24-7-10-26-11-8-24/h1-6,9,12,17H,7-8,10-11,13H2,(H,22,25)/t17-/m0/s1. The Kier molecular flexibility index (Phi) is 5.90. The van der Waals surface area contributed by atoms with Crippen molar-refractivity contribution < 1.29 is 18.5 Å². The normalized spacial score (nSPS) is 16.0. The first-order chi connectivity index (χ1) is 13.7. The minimum atomic E-state index is -0.281. The Labute approximate surface area is 170 Å². The van der Waals surface area contributed by atoms with E-state index in [1.807, 2.05) is 36.4 Å². The van der Waals surface area contributed by atoms with Crippen LogP contribution >= 0.6 is 15.9 Å². The second-order valence-electron chi connectivity index (χ2n) is 6.47. The van der Waals surface area contributed by atoms with Gasteiger partial charge < -0.3 is 19.0 Å². The highest BCUT2D eigenvalue weighted by molar-refractivity contribution is 9.10. The molecule has 1 aliphatic rings. The van der Waals surface area contributed by atoms with Crippen LogP contribution < -0.4 is 5.32 Å². The Balaban J connectivity index is 1.43. The van der Waals surface area contributed by atoms with Crippen molar-refractivity contribution in [2.45, 2.75) is 6.04 Å². The van der Waals surface area contributed by atoms with Gasteiger partial charge in [-0.25, -0.2) is 0 Å². The van der Waals surface area contributed by atoms with Gasteiger partial charge >= 0.3 is 0 Å². The van der Waals surface area contributed by atoms with Gasteiger partial charge in [0.2, 0.25) is 0 Å². The van der Waals surface area contributed by atoms with E-state index in [2.05, 4.69) is 31.3 Å². The number of aromatic nitrogens is 1. The number of hydrogen-bond acceptors (Lipinski definition) is 6. The number of ether oxygens (including phenoxy) is 1. The maximum atomic E-state index is 12.6. The molecule has 4 rings (SSSR count). The number of nitrogens with one attached hydrogen (secondary N) is 1. The lowest BCUT2D eigenvalue weighted by Gasteiger charge is -2.33. The third-order valence-corrected chi connectivity index (χ3v) is 5.21. The lowest BCUT2D eigenvalue weighted by atomic mass is 10.1. The second kappa shape index (κ2) is 8.72. The molecule has 1 aliphatic heterocycles. The SMILES string of the molecule is O=C(NC[C@@H](c1ccco1)N1CCOCC1)c1cc(-c2ccc(Br)cc2)on1. The highest BCUT2D eigenvalue weighted by Gasteiger charge is 2.26. The van der Waals surface area contributed by atoms with E-state index in [0.717, 1.165) is 28.9 Å². The predicted molar refractivity (Wildman–Crippen MR) is 106 cm³/mol. The van der Waals surface area contributed by atoms with Crippen LogP contribution in [0.5, 0.6) is 0 Å². The zero-order valence-electron chi connectivity index (χ0n) is 15.1. The van der Waals surface area contributed by atoms with Crippen LogP contribution in [-0.4, -0.2) is 48.8 Å². The molecule has 0 unspecified atom stereocenters. The topological polar surface area (TPSA) is 80.7 Å². The number of amides is 1. The number of carbonyl (C=O) groups excluding carboxylic acids is 1. The van der Waals surface area contributed by atoms with E-state index >= 15 is 0 Å². The number of halogens is 1. The molecular weight excluding hydrogens is 426 g/mol. The summed E-state index contributed by atoms with van der Waals surface area (Å²) in [5.41, 5.74) is 1.11. The number of benzene rings is 1. The molecule has 1 fully saturated rings. The van der Waals surface area contributed by atoms with Crippen LogP contribution in [-0.2, 0) is 4.74 Å². The molecule has 146 valence electrons. The van der Waals surface area contributed by atoms with E-state index in [1.165, 1.54) is 0 Å². The maximum Gasteiger partial charge on any atom is 0.273 e. The van der Waals surface area contributed by atoms with Crippen molar-refractivity contribution in [1.82, 2.24) is 15.4 Å². The van der Waals surface area contributed by atoms with Crippen LogP contribution in [0.2, 0.25) is 0 Å². The lowest BCUT2D eigenvalue weighted by Crippen LogP contribution is -2.43. The molecule has 1 saturated heterocycles. The van der Waals surface area contributed by atoms with Crippen molar-refractivity contribution in [2.24, 2.45) is 0 Å². The first-order valence-corrected chi connectivity index (χ1v) is 9.86.